The first kappa shape index (κ1) is 18.1. The van der Waals surface area contributed by atoms with E-state index in [0.29, 0.717) is 5.56 Å². The molecule has 7 nitrogen and oxygen atoms in total. The predicted molar refractivity (Wildman–Crippen MR) is 103 cm³/mol. The molecule has 7 heteroatoms. The Balaban J connectivity index is 2.02. The van der Waals surface area contributed by atoms with Gasteiger partial charge < -0.3 is 5.32 Å². The summed E-state index contributed by atoms with van der Waals surface area (Å²) in [5.41, 5.74) is 4.70. The van der Waals surface area contributed by atoms with E-state index in [1.54, 1.807) is 6.20 Å². The minimum absolute atomic E-state index is 0.155. The van der Waals surface area contributed by atoms with Crippen molar-refractivity contribution in [2.24, 2.45) is 0 Å². The van der Waals surface area contributed by atoms with Gasteiger partial charge in [-0.25, -0.2) is 9.67 Å². The molecule has 0 aliphatic carbocycles. The van der Waals surface area contributed by atoms with Crippen molar-refractivity contribution in [3.05, 3.63) is 34.9 Å². The number of anilines is 1. The van der Waals surface area contributed by atoms with Crippen LogP contribution in [0.25, 0.3) is 11.0 Å². The van der Waals surface area contributed by atoms with Gasteiger partial charge in [-0.1, -0.05) is 13.3 Å². The number of amides is 1. The maximum absolute atomic E-state index is 13.0. The molecule has 0 unspecified atom stereocenters. The van der Waals surface area contributed by atoms with Crippen LogP contribution >= 0.6 is 0 Å². The molecule has 1 N–H and O–H groups in total. The number of hydrogen-bond acceptors (Lipinski definition) is 4. The predicted octanol–water partition coefficient (Wildman–Crippen LogP) is 3.63. The number of carbonyl (C=O) groups is 1. The molecule has 0 bridgehead atoms. The fourth-order valence-corrected chi connectivity index (χ4v) is 3.20. The summed E-state index contributed by atoms with van der Waals surface area (Å²) in [4.78, 5) is 17.6. The van der Waals surface area contributed by atoms with Crippen molar-refractivity contribution in [3.8, 4) is 0 Å². The summed E-state index contributed by atoms with van der Waals surface area (Å²) in [7, 11) is 0. The van der Waals surface area contributed by atoms with Gasteiger partial charge in [0, 0.05) is 18.8 Å². The Morgan fingerprint density at radius 2 is 1.96 bits per heavy atom. The third-order valence-corrected chi connectivity index (χ3v) is 4.62. The first-order valence-electron chi connectivity index (χ1n) is 9.14. The van der Waals surface area contributed by atoms with Gasteiger partial charge >= 0.3 is 0 Å². The summed E-state index contributed by atoms with van der Waals surface area (Å²) < 4.78 is 3.77. The number of hydrogen-bond donors (Lipinski definition) is 1. The topological polar surface area (TPSA) is 77.6 Å². The maximum atomic E-state index is 13.0. The smallest absolute Gasteiger partial charge is 0.256 e. The van der Waals surface area contributed by atoms with Gasteiger partial charge in [-0.2, -0.15) is 10.2 Å². The highest BCUT2D eigenvalue weighted by molar-refractivity contribution is 6.12. The fourth-order valence-electron chi connectivity index (χ4n) is 3.20. The molecular weight excluding hydrogens is 328 g/mol. The van der Waals surface area contributed by atoms with Crippen molar-refractivity contribution < 1.29 is 4.79 Å². The van der Waals surface area contributed by atoms with Gasteiger partial charge in [0.25, 0.3) is 5.91 Å². The van der Waals surface area contributed by atoms with Gasteiger partial charge in [0.15, 0.2) is 5.65 Å². The molecule has 0 aliphatic rings. The van der Waals surface area contributed by atoms with E-state index in [1.807, 2.05) is 43.1 Å². The molecule has 0 aliphatic heterocycles. The number of fused-ring (bicyclic) bond motifs is 1. The number of rotatable bonds is 6. The van der Waals surface area contributed by atoms with Crippen LogP contribution in [0.4, 0.5) is 5.69 Å². The van der Waals surface area contributed by atoms with Gasteiger partial charge in [-0.3, -0.25) is 9.48 Å². The summed E-state index contributed by atoms with van der Waals surface area (Å²) in [6.45, 7) is 11.5. The Morgan fingerprint density at radius 3 is 2.62 bits per heavy atom. The number of aryl methyl sites for hydroxylation is 4. The minimum atomic E-state index is -0.155. The average Bonchev–Trinajstić information content (AvgIpc) is 3.12. The number of nitrogens with one attached hydrogen (secondary N) is 1. The Morgan fingerprint density at radius 1 is 1.19 bits per heavy atom. The summed E-state index contributed by atoms with van der Waals surface area (Å²) in [5.74, 6) is -0.155. The van der Waals surface area contributed by atoms with E-state index < -0.39 is 0 Å². The highest BCUT2D eigenvalue weighted by Gasteiger charge is 2.20. The monoisotopic (exact) mass is 354 g/mol. The Kier molecular flexibility index (Phi) is 5.06. The molecule has 3 rings (SSSR count). The van der Waals surface area contributed by atoms with E-state index >= 15 is 0 Å². The minimum Gasteiger partial charge on any atom is -0.319 e. The van der Waals surface area contributed by atoms with Crippen molar-refractivity contribution in [1.82, 2.24) is 24.5 Å². The van der Waals surface area contributed by atoms with Crippen LogP contribution in [0.1, 0.15) is 54.1 Å². The number of unbranched alkanes of at least 4 members (excludes halogenated alkanes) is 1. The number of pyridine rings is 1. The van der Waals surface area contributed by atoms with Gasteiger partial charge in [0.05, 0.1) is 34.2 Å². The largest absolute Gasteiger partial charge is 0.319 e. The van der Waals surface area contributed by atoms with Gasteiger partial charge in [-0.05, 0) is 40.2 Å². The summed E-state index contributed by atoms with van der Waals surface area (Å²) in [5, 5.41) is 12.7. The fraction of sp³-hybridized carbons (Fsp3) is 0.474. The zero-order chi connectivity index (χ0) is 18.8. The third-order valence-electron chi connectivity index (χ3n) is 4.62. The molecule has 26 heavy (non-hydrogen) atoms. The molecular formula is C19H26N6O. The highest BCUT2D eigenvalue weighted by atomic mass is 16.1. The number of aromatic nitrogens is 5. The van der Waals surface area contributed by atoms with E-state index in [0.717, 1.165) is 59.7 Å². The molecule has 3 aromatic heterocycles. The quantitative estimate of drug-likeness (QED) is 0.733. The molecule has 3 heterocycles. The second-order valence-corrected chi connectivity index (χ2v) is 6.59. The van der Waals surface area contributed by atoms with Crippen LogP contribution in [0.15, 0.2) is 12.3 Å². The average molecular weight is 354 g/mol. The highest BCUT2D eigenvalue weighted by Crippen LogP contribution is 2.24. The van der Waals surface area contributed by atoms with Crippen LogP contribution in [-0.4, -0.2) is 30.5 Å². The summed E-state index contributed by atoms with van der Waals surface area (Å²) in [6, 6.07) is 1.83. The molecule has 0 radical (unpaired) electrons. The normalized spacial score (nSPS) is 11.3. The zero-order valence-corrected chi connectivity index (χ0v) is 16.1. The van der Waals surface area contributed by atoms with Crippen LogP contribution in [0.3, 0.4) is 0 Å². The molecule has 0 aromatic carbocycles. The van der Waals surface area contributed by atoms with Crippen LogP contribution in [0.2, 0.25) is 0 Å². The van der Waals surface area contributed by atoms with E-state index in [1.165, 1.54) is 0 Å². The van der Waals surface area contributed by atoms with Crippen molar-refractivity contribution in [3.63, 3.8) is 0 Å². The van der Waals surface area contributed by atoms with E-state index in [2.05, 4.69) is 27.4 Å². The zero-order valence-electron chi connectivity index (χ0n) is 16.1. The molecule has 0 spiro atoms. The first-order valence-corrected chi connectivity index (χ1v) is 9.14. The number of nitrogens with zero attached hydrogens (tertiary/aromatic N) is 5. The Hall–Kier alpha value is -2.70. The van der Waals surface area contributed by atoms with Crippen molar-refractivity contribution >= 4 is 22.6 Å². The summed E-state index contributed by atoms with van der Waals surface area (Å²) >= 11 is 0. The van der Waals surface area contributed by atoms with E-state index in [-0.39, 0.29) is 5.91 Å². The third kappa shape index (κ3) is 3.21. The molecule has 138 valence electrons. The lowest BCUT2D eigenvalue weighted by molar-refractivity contribution is 0.102. The van der Waals surface area contributed by atoms with Crippen LogP contribution in [0, 0.1) is 20.8 Å². The van der Waals surface area contributed by atoms with E-state index in [4.69, 9.17) is 0 Å². The molecule has 0 atom stereocenters. The van der Waals surface area contributed by atoms with E-state index in [9.17, 15) is 4.79 Å². The lowest BCUT2D eigenvalue weighted by Crippen LogP contribution is -2.14. The van der Waals surface area contributed by atoms with Gasteiger partial charge in [0.2, 0.25) is 0 Å². The standard InChI is InChI=1S/C19H26N6O/c1-6-8-9-25-18-17(13(4)23-25)15(10-12(3)21-18)19(26)22-16-11-20-24(7-2)14(16)5/h10-11H,6-9H2,1-5H3,(H,22,26). The number of carbonyl (C=O) groups excluding carboxylic acids is 1. The first-order chi connectivity index (χ1) is 12.5. The van der Waals surface area contributed by atoms with Crippen LogP contribution in [-0.2, 0) is 13.1 Å². The Bertz CT molecular complexity index is 953. The lowest BCUT2D eigenvalue weighted by atomic mass is 10.1. The molecule has 1 amide bonds. The van der Waals surface area contributed by atoms with Crippen molar-refractivity contribution in [2.45, 2.75) is 60.5 Å². The lowest BCUT2D eigenvalue weighted by Gasteiger charge is -2.08. The second kappa shape index (κ2) is 7.27. The maximum Gasteiger partial charge on any atom is 0.256 e. The van der Waals surface area contributed by atoms with Crippen LogP contribution in [0.5, 0.6) is 0 Å². The molecule has 3 aromatic rings. The molecule has 0 saturated heterocycles. The van der Waals surface area contributed by atoms with Crippen molar-refractivity contribution in [2.75, 3.05) is 5.32 Å². The second-order valence-electron chi connectivity index (χ2n) is 6.59. The van der Waals surface area contributed by atoms with Gasteiger partial charge in [-0.15, -0.1) is 0 Å². The van der Waals surface area contributed by atoms with Gasteiger partial charge in [0.1, 0.15) is 0 Å². The van der Waals surface area contributed by atoms with Crippen molar-refractivity contribution in [1.29, 1.82) is 0 Å². The Labute approximate surface area is 153 Å². The SMILES string of the molecule is CCCCn1nc(C)c2c(C(=O)Nc3cnn(CC)c3C)cc(C)nc21. The summed E-state index contributed by atoms with van der Waals surface area (Å²) in [6.07, 6.45) is 3.81. The van der Waals surface area contributed by atoms with Crippen LogP contribution < -0.4 is 5.32 Å². The molecule has 0 saturated carbocycles. The molecule has 0 fully saturated rings.